The molecule has 146 valence electrons. The number of hydrogen-bond donors (Lipinski definition) is 2. The Morgan fingerprint density at radius 2 is 1.52 bits per heavy atom. The van der Waals surface area contributed by atoms with Crippen LogP contribution in [0.4, 0.5) is 16.2 Å². The molecule has 0 spiro atoms. The van der Waals surface area contributed by atoms with Gasteiger partial charge in [0.25, 0.3) is 0 Å². The molecule has 0 saturated carbocycles. The summed E-state index contributed by atoms with van der Waals surface area (Å²) in [7, 11) is 0. The van der Waals surface area contributed by atoms with Gasteiger partial charge in [-0.3, -0.25) is 4.79 Å². The second-order valence-corrected chi connectivity index (χ2v) is 7.08. The fourth-order valence-electron chi connectivity index (χ4n) is 3.65. The number of benzene rings is 3. The number of amides is 3. The molecule has 1 atom stereocenters. The summed E-state index contributed by atoms with van der Waals surface area (Å²) in [5.74, 6) is -0.0954. The van der Waals surface area contributed by atoms with Crippen molar-refractivity contribution >= 4 is 23.3 Å². The fourth-order valence-corrected chi connectivity index (χ4v) is 3.65. The van der Waals surface area contributed by atoms with Gasteiger partial charge in [-0.2, -0.15) is 0 Å². The third-order valence-corrected chi connectivity index (χ3v) is 5.07. The van der Waals surface area contributed by atoms with Crippen LogP contribution in [0.25, 0.3) is 0 Å². The van der Waals surface area contributed by atoms with Gasteiger partial charge < -0.3 is 15.5 Å². The SMILES string of the molecule is O=C(Nc1ccccc1)N[C@@H](Cc1ccccc1)C(=O)N1CCc2ccccc21. The quantitative estimate of drug-likeness (QED) is 0.697. The molecule has 1 heterocycles. The van der Waals surface area contributed by atoms with Gasteiger partial charge in [0, 0.05) is 24.3 Å². The highest BCUT2D eigenvalue weighted by molar-refractivity contribution is 6.02. The molecule has 3 amide bonds. The van der Waals surface area contributed by atoms with E-state index in [4.69, 9.17) is 0 Å². The number of carbonyl (C=O) groups is 2. The van der Waals surface area contributed by atoms with Crippen LogP contribution in [-0.4, -0.2) is 24.5 Å². The lowest BCUT2D eigenvalue weighted by Crippen LogP contribution is -2.50. The van der Waals surface area contributed by atoms with Crippen LogP contribution in [0.15, 0.2) is 84.9 Å². The van der Waals surface area contributed by atoms with Crippen molar-refractivity contribution < 1.29 is 9.59 Å². The molecule has 29 heavy (non-hydrogen) atoms. The first kappa shape index (κ1) is 18.7. The first-order valence-corrected chi connectivity index (χ1v) is 9.76. The molecule has 0 radical (unpaired) electrons. The van der Waals surface area contributed by atoms with E-state index in [0.717, 1.165) is 23.2 Å². The van der Waals surface area contributed by atoms with Gasteiger partial charge in [-0.15, -0.1) is 0 Å². The molecule has 1 aliphatic rings. The van der Waals surface area contributed by atoms with Crippen LogP contribution in [-0.2, 0) is 17.6 Å². The highest BCUT2D eigenvalue weighted by atomic mass is 16.2. The zero-order chi connectivity index (χ0) is 20.1. The second-order valence-electron chi connectivity index (χ2n) is 7.08. The van der Waals surface area contributed by atoms with Crippen LogP contribution in [0.3, 0.4) is 0 Å². The number of nitrogens with one attached hydrogen (secondary N) is 2. The smallest absolute Gasteiger partial charge is 0.319 e. The third kappa shape index (κ3) is 4.46. The van der Waals surface area contributed by atoms with E-state index in [1.807, 2.05) is 84.9 Å². The Balaban J connectivity index is 1.53. The van der Waals surface area contributed by atoms with Gasteiger partial charge in [-0.1, -0.05) is 66.7 Å². The Morgan fingerprint density at radius 3 is 2.28 bits per heavy atom. The van der Waals surface area contributed by atoms with Crippen LogP contribution in [0.2, 0.25) is 0 Å². The van der Waals surface area contributed by atoms with E-state index in [1.165, 1.54) is 0 Å². The van der Waals surface area contributed by atoms with Crippen LogP contribution in [0, 0.1) is 0 Å². The molecule has 0 bridgehead atoms. The van der Waals surface area contributed by atoms with Crippen molar-refractivity contribution in [2.45, 2.75) is 18.9 Å². The molecule has 0 saturated heterocycles. The summed E-state index contributed by atoms with van der Waals surface area (Å²) < 4.78 is 0. The van der Waals surface area contributed by atoms with E-state index in [1.54, 1.807) is 4.90 Å². The molecular formula is C24H23N3O2. The lowest BCUT2D eigenvalue weighted by Gasteiger charge is -2.25. The average molecular weight is 385 g/mol. The summed E-state index contributed by atoms with van der Waals surface area (Å²) in [6.07, 6.45) is 1.26. The van der Waals surface area contributed by atoms with Crippen molar-refractivity contribution in [3.05, 3.63) is 96.1 Å². The Bertz CT molecular complexity index is 989. The van der Waals surface area contributed by atoms with Crippen molar-refractivity contribution in [3.8, 4) is 0 Å². The molecular weight excluding hydrogens is 362 g/mol. The van der Waals surface area contributed by atoms with Gasteiger partial charge >= 0.3 is 6.03 Å². The fraction of sp³-hybridized carbons (Fsp3) is 0.167. The summed E-state index contributed by atoms with van der Waals surface area (Å²) in [6, 6.07) is 25.8. The second kappa shape index (κ2) is 8.61. The van der Waals surface area contributed by atoms with Gasteiger partial charge in [0.2, 0.25) is 5.91 Å². The highest BCUT2D eigenvalue weighted by Gasteiger charge is 2.31. The molecule has 0 aliphatic carbocycles. The summed E-state index contributed by atoms with van der Waals surface area (Å²) in [5.41, 5.74) is 3.77. The van der Waals surface area contributed by atoms with Crippen LogP contribution in [0.1, 0.15) is 11.1 Å². The number of carbonyl (C=O) groups excluding carboxylic acids is 2. The Morgan fingerprint density at radius 1 is 0.862 bits per heavy atom. The Kier molecular flexibility index (Phi) is 5.56. The van der Waals surface area contributed by atoms with Gasteiger partial charge in [-0.05, 0) is 35.7 Å². The van der Waals surface area contributed by atoms with E-state index < -0.39 is 12.1 Å². The third-order valence-electron chi connectivity index (χ3n) is 5.07. The summed E-state index contributed by atoms with van der Waals surface area (Å²) in [6.45, 7) is 0.630. The lowest BCUT2D eigenvalue weighted by molar-refractivity contribution is -0.120. The van der Waals surface area contributed by atoms with Crippen LogP contribution in [0.5, 0.6) is 0 Å². The Labute approximate surface area is 170 Å². The molecule has 5 heteroatoms. The zero-order valence-corrected chi connectivity index (χ0v) is 16.0. The van der Waals surface area contributed by atoms with Crippen molar-refractivity contribution in [1.29, 1.82) is 0 Å². The van der Waals surface area contributed by atoms with Crippen LogP contribution >= 0.6 is 0 Å². The number of rotatable bonds is 5. The van der Waals surface area contributed by atoms with Crippen molar-refractivity contribution in [1.82, 2.24) is 5.32 Å². The van der Waals surface area contributed by atoms with E-state index >= 15 is 0 Å². The maximum Gasteiger partial charge on any atom is 0.319 e. The number of nitrogens with zero attached hydrogens (tertiary/aromatic N) is 1. The minimum atomic E-state index is -0.660. The normalized spacial score (nSPS) is 13.4. The van der Waals surface area contributed by atoms with E-state index in [9.17, 15) is 9.59 Å². The summed E-state index contributed by atoms with van der Waals surface area (Å²) in [4.78, 5) is 27.8. The standard InChI is InChI=1S/C24H23N3O2/c28-23(27-16-15-19-11-7-8-14-22(19)27)21(17-18-9-3-1-4-10-18)26-24(29)25-20-12-5-2-6-13-20/h1-14,21H,15-17H2,(H2,25,26,29)/t21-/m0/s1. The van der Waals surface area contributed by atoms with E-state index in [0.29, 0.717) is 18.7 Å². The maximum absolute atomic E-state index is 13.4. The number of fused-ring (bicyclic) bond motifs is 1. The minimum Gasteiger partial charge on any atom is -0.326 e. The van der Waals surface area contributed by atoms with E-state index in [-0.39, 0.29) is 5.91 Å². The lowest BCUT2D eigenvalue weighted by atomic mass is 10.0. The molecule has 0 aromatic heterocycles. The summed E-state index contributed by atoms with van der Waals surface area (Å²) in [5, 5.41) is 5.68. The molecule has 3 aromatic rings. The minimum absolute atomic E-state index is 0.0954. The summed E-state index contributed by atoms with van der Waals surface area (Å²) >= 11 is 0. The molecule has 5 nitrogen and oxygen atoms in total. The molecule has 4 rings (SSSR count). The Hall–Kier alpha value is -3.60. The predicted molar refractivity (Wildman–Crippen MR) is 115 cm³/mol. The number of anilines is 2. The van der Waals surface area contributed by atoms with Crippen molar-refractivity contribution in [2.24, 2.45) is 0 Å². The maximum atomic E-state index is 13.4. The van der Waals surface area contributed by atoms with Crippen molar-refractivity contribution in [2.75, 3.05) is 16.8 Å². The monoisotopic (exact) mass is 385 g/mol. The van der Waals surface area contributed by atoms with Gasteiger partial charge in [0.05, 0.1) is 0 Å². The zero-order valence-electron chi connectivity index (χ0n) is 16.0. The predicted octanol–water partition coefficient (Wildman–Crippen LogP) is 4.01. The number of para-hydroxylation sites is 2. The number of hydrogen-bond acceptors (Lipinski definition) is 2. The molecule has 3 aromatic carbocycles. The molecule has 0 fully saturated rings. The first-order chi connectivity index (χ1) is 14.2. The van der Waals surface area contributed by atoms with Gasteiger partial charge in [-0.25, -0.2) is 4.79 Å². The van der Waals surface area contributed by atoms with E-state index in [2.05, 4.69) is 10.6 Å². The van der Waals surface area contributed by atoms with Gasteiger partial charge in [0.1, 0.15) is 6.04 Å². The van der Waals surface area contributed by atoms with Crippen LogP contribution < -0.4 is 15.5 Å². The average Bonchev–Trinajstić information content (AvgIpc) is 3.18. The topological polar surface area (TPSA) is 61.4 Å². The first-order valence-electron chi connectivity index (χ1n) is 9.76. The largest absolute Gasteiger partial charge is 0.326 e. The van der Waals surface area contributed by atoms with Crippen molar-refractivity contribution in [3.63, 3.8) is 0 Å². The highest BCUT2D eigenvalue weighted by Crippen LogP contribution is 2.28. The molecule has 1 aliphatic heterocycles. The molecule has 0 unspecified atom stereocenters. The molecule has 2 N–H and O–H groups in total. The number of urea groups is 1. The van der Waals surface area contributed by atoms with Gasteiger partial charge in [0.15, 0.2) is 0 Å².